The summed E-state index contributed by atoms with van der Waals surface area (Å²) in [6, 6.07) is 9.33. The molecule has 8 heteroatoms. The van der Waals surface area contributed by atoms with Crippen LogP contribution in [0, 0.1) is 11.3 Å². The van der Waals surface area contributed by atoms with E-state index in [0.717, 1.165) is 35.5 Å². The molecule has 1 N–H and O–H groups in total. The Hall–Kier alpha value is -3.05. The van der Waals surface area contributed by atoms with Gasteiger partial charge in [-0.2, -0.15) is 5.26 Å². The molecule has 1 heterocycles. The summed E-state index contributed by atoms with van der Waals surface area (Å²) < 4.78 is 15.6. The fourth-order valence-corrected chi connectivity index (χ4v) is 4.33. The van der Waals surface area contributed by atoms with E-state index in [1.807, 2.05) is 0 Å². The van der Waals surface area contributed by atoms with Crippen LogP contribution < -0.4 is 14.8 Å². The molecule has 0 atom stereocenters. The van der Waals surface area contributed by atoms with Crippen molar-refractivity contribution < 1.29 is 23.8 Å². The second-order valence-corrected chi connectivity index (χ2v) is 7.61. The highest BCUT2D eigenvalue weighted by Crippen LogP contribution is 2.38. The third-order valence-electron chi connectivity index (χ3n) is 4.50. The highest BCUT2D eigenvalue weighted by Gasteiger charge is 2.23. The van der Waals surface area contributed by atoms with Crippen LogP contribution in [0.4, 0.5) is 5.00 Å². The topological polar surface area (TPSA) is 97.7 Å². The fraction of sp³-hybridized carbons (Fsp3) is 0.381. The summed E-state index contributed by atoms with van der Waals surface area (Å²) in [6.45, 7) is -0.00842. The van der Waals surface area contributed by atoms with Gasteiger partial charge in [0.2, 0.25) is 0 Å². The van der Waals surface area contributed by atoms with Gasteiger partial charge in [0.25, 0.3) is 5.91 Å². The predicted molar refractivity (Wildman–Crippen MR) is 108 cm³/mol. The van der Waals surface area contributed by atoms with Gasteiger partial charge in [-0.15, -0.1) is 11.3 Å². The van der Waals surface area contributed by atoms with Crippen molar-refractivity contribution in [3.8, 4) is 17.6 Å². The zero-order valence-corrected chi connectivity index (χ0v) is 17.0. The summed E-state index contributed by atoms with van der Waals surface area (Å²) in [5.41, 5.74) is 1.58. The zero-order valence-electron chi connectivity index (χ0n) is 16.2. The van der Waals surface area contributed by atoms with Gasteiger partial charge in [-0.05, 0) is 55.5 Å². The first-order valence-corrected chi connectivity index (χ1v) is 10.2. The molecular weight excluding hydrogens is 392 g/mol. The number of nitrogens with zero attached hydrogens (tertiary/aromatic N) is 1. The first kappa shape index (κ1) is 20.7. The Morgan fingerprint density at radius 1 is 1.21 bits per heavy atom. The van der Waals surface area contributed by atoms with E-state index in [4.69, 9.17) is 14.2 Å². The molecule has 0 saturated carbocycles. The molecule has 1 aliphatic rings. The van der Waals surface area contributed by atoms with Crippen molar-refractivity contribution in [3.63, 3.8) is 0 Å². The first-order chi connectivity index (χ1) is 14.1. The van der Waals surface area contributed by atoms with E-state index in [1.54, 1.807) is 31.4 Å². The molecule has 0 aliphatic heterocycles. The van der Waals surface area contributed by atoms with Gasteiger partial charge in [0.05, 0.1) is 19.3 Å². The minimum Gasteiger partial charge on any atom is -0.497 e. The van der Waals surface area contributed by atoms with Gasteiger partial charge in [0.15, 0.2) is 6.61 Å². The smallest absolute Gasteiger partial charge is 0.306 e. The van der Waals surface area contributed by atoms with Crippen molar-refractivity contribution >= 4 is 28.2 Å². The molecule has 1 aliphatic carbocycles. The lowest BCUT2D eigenvalue weighted by atomic mass is 10.1. The maximum Gasteiger partial charge on any atom is 0.306 e. The van der Waals surface area contributed by atoms with Crippen molar-refractivity contribution in [3.05, 3.63) is 40.3 Å². The van der Waals surface area contributed by atoms with Crippen molar-refractivity contribution in [2.45, 2.75) is 32.1 Å². The predicted octanol–water partition coefficient (Wildman–Crippen LogP) is 3.46. The molecule has 1 amide bonds. The lowest BCUT2D eigenvalue weighted by Crippen LogP contribution is -2.21. The van der Waals surface area contributed by atoms with E-state index >= 15 is 0 Å². The van der Waals surface area contributed by atoms with E-state index in [1.165, 1.54) is 11.3 Å². The molecule has 1 aromatic carbocycles. The Balaban J connectivity index is 1.35. The number of benzene rings is 1. The minimum atomic E-state index is -0.465. The van der Waals surface area contributed by atoms with Gasteiger partial charge in [-0.3, -0.25) is 9.59 Å². The number of methoxy groups -OCH3 is 1. The van der Waals surface area contributed by atoms with Gasteiger partial charge in [-0.1, -0.05) is 0 Å². The third kappa shape index (κ3) is 5.48. The van der Waals surface area contributed by atoms with Gasteiger partial charge < -0.3 is 19.5 Å². The van der Waals surface area contributed by atoms with Crippen LogP contribution in [0.15, 0.2) is 24.3 Å². The molecule has 152 valence electrons. The molecule has 2 aromatic rings. The third-order valence-corrected chi connectivity index (χ3v) is 5.71. The minimum absolute atomic E-state index is 0.153. The Morgan fingerprint density at radius 3 is 2.69 bits per heavy atom. The maximum absolute atomic E-state index is 12.1. The summed E-state index contributed by atoms with van der Waals surface area (Å²) in [5.74, 6) is 0.528. The molecular formula is C21H22N2O5S. The van der Waals surface area contributed by atoms with Crippen LogP contribution in [0.5, 0.6) is 11.5 Å². The number of esters is 1. The standard InChI is InChI=1S/C21H22N2O5S/c1-26-14-7-9-15(10-8-14)27-11-3-6-20(25)28-13-19(24)23-21-17(12-22)16-4-2-5-18(16)29-21/h7-10H,2-6,11,13H2,1H3,(H,23,24). The molecule has 7 nitrogen and oxygen atoms in total. The van der Waals surface area contributed by atoms with Crippen molar-refractivity contribution in [2.24, 2.45) is 0 Å². The molecule has 0 unspecified atom stereocenters. The average molecular weight is 414 g/mol. The number of hydrogen-bond donors (Lipinski definition) is 1. The van der Waals surface area contributed by atoms with E-state index < -0.39 is 11.9 Å². The first-order valence-electron chi connectivity index (χ1n) is 9.37. The highest BCUT2D eigenvalue weighted by molar-refractivity contribution is 7.16. The number of thiophene rings is 1. The van der Waals surface area contributed by atoms with Gasteiger partial charge in [0, 0.05) is 11.3 Å². The summed E-state index contributed by atoms with van der Waals surface area (Å²) in [6.07, 6.45) is 3.49. The van der Waals surface area contributed by atoms with Gasteiger partial charge in [-0.25, -0.2) is 0 Å². The molecule has 0 bridgehead atoms. The number of rotatable bonds is 9. The summed E-state index contributed by atoms with van der Waals surface area (Å²) >= 11 is 1.43. The van der Waals surface area contributed by atoms with Crippen LogP contribution in [0.3, 0.4) is 0 Å². The SMILES string of the molecule is COc1ccc(OCCCC(=O)OCC(=O)Nc2sc3c(c2C#N)CCC3)cc1. The van der Waals surface area contributed by atoms with Crippen LogP contribution in [0.2, 0.25) is 0 Å². The van der Waals surface area contributed by atoms with Crippen molar-refractivity contribution in [1.82, 2.24) is 0 Å². The quantitative estimate of drug-likeness (QED) is 0.498. The second-order valence-electron chi connectivity index (χ2n) is 6.51. The average Bonchev–Trinajstić information content (AvgIpc) is 3.30. The van der Waals surface area contributed by atoms with E-state index in [9.17, 15) is 14.9 Å². The molecule has 3 rings (SSSR count). The number of nitrogens with one attached hydrogen (secondary N) is 1. The number of carbonyl (C=O) groups is 2. The molecule has 0 spiro atoms. The van der Waals surface area contributed by atoms with Crippen molar-refractivity contribution in [2.75, 3.05) is 25.6 Å². The number of amides is 1. The Morgan fingerprint density at radius 2 is 1.97 bits per heavy atom. The monoisotopic (exact) mass is 414 g/mol. The van der Waals surface area contributed by atoms with Crippen LogP contribution in [0.25, 0.3) is 0 Å². The number of nitriles is 1. The van der Waals surface area contributed by atoms with Crippen molar-refractivity contribution in [1.29, 1.82) is 5.26 Å². The Kier molecular flexibility index (Phi) is 7.09. The van der Waals surface area contributed by atoms with E-state index in [-0.39, 0.29) is 13.0 Å². The molecule has 0 radical (unpaired) electrons. The lowest BCUT2D eigenvalue weighted by molar-refractivity contribution is -0.147. The van der Waals surface area contributed by atoms with E-state index in [2.05, 4.69) is 11.4 Å². The van der Waals surface area contributed by atoms with Crippen LogP contribution in [-0.2, 0) is 27.2 Å². The summed E-state index contributed by atoms with van der Waals surface area (Å²) in [7, 11) is 1.59. The number of carbonyl (C=O) groups excluding carboxylic acids is 2. The van der Waals surface area contributed by atoms with Crippen LogP contribution >= 0.6 is 11.3 Å². The van der Waals surface area contributed by atoms with Crippen LogP contribution in [-0.4, -0.2) is 32.2 Å². The summed E-state index contributed by atoms with van der Waals surface area (Å²) in [5, 5.41) is 12.6. The molecule has 29 heavy (non-hydrogen) atoms. The van der Waals surface area contributed by atoms with Crippen LogP contribution in [0.1, 0.15) is 35.3 Å². The fourth-order valence-electron chi connectivity index (χ4n) is 3.07. The van der Waals surface area contributed by atoms with Gasteiger partial charge >= 0.3 is 5.97 Å². The highest BCUT2D eigenvalue weighted by atomic mass is 32.1. The molecule has 1 aromatic heterocycles. The zero-order chi connectivity index (χ0) is 20.6. The maximum atomic E-state index is 12.1. The molecule has 0 fully saturated rings. The number of fused-ring (bicyclic) bond motifs is 1. The number of ether oxygens (including phenoxy) is 3. The number of hydrogen-bond acceptors (Lipinski definition) is 7. The van der Waals surface area contributed by atoms with Gasteiger partial charge in [0.1, 0.15) is 22.6 Å². The summed E-state index contributed by atoms with van der Waals surface area (Å²) in [4.78, 5) is 25.0. The number of aryl methyl sites for hydroxylation is 1. The molecule has 0 saturated heterocycles. The Labute approximate surface area is 173 Å². The normalized spacial score (nSPS) is 12.0. The lowest BCUT2D eigenvalue weighted by Gasteiger charge is -2.08. The second kappa shape index (κ2) is 9.94. The van der Waals surface area contributed by atoms with E-state index in [0.29, 0.717) is 29.3 Å². The Bertz CT molecular complexity index is 914. The largest absolute Gasteiger partial charge is 0.497 e. The number of anilines is 1.